The van der Waals surface area contributed by atoms with E-state index < -0.39 is 0 Å². The number of imidazole rings is 1. The van der Waals surface area contributed by atoms with E-state index in [4.69, 9.17) is 0 Å². The van der Waals surface area contributed by atoms with Crippen LogP contribution in [0.2, 0.25) is 0 Å². The quantitative estimate of drug-likeness (QED) is 0.808. The fraction of sp³-hybridized carbons (Fsp3) is 0.333. The summed E-state index contributed by atoms with van der Waals surface area (Å²) in [5.41, 5.74) is 2.17. The molecule has 0 atom stereocenters. The molecule has 3 heterocycles. The minimum atomic E-state index is 0.931. The fourth-order valence-corrected chi connectivity index (χ4v) is 2.65. The van der Waals surface area contributed by atoms with E-state index in [2.05, 4.69) is 42.4 Å². The number of pyridine rings is 1. The van der Waals surface area contributed by atoms with Crippen LogP contribution >= 0.6 is 15.9 Å². The van der Waals surface area contributed by atoms with Crippen LogP contribution < -0.4 is 0 Å². The van der Waals surface area contributed by atoms with Crippen molar-refractivity contribution in [1.82, 2.24) is 19.4 Å². The highest BCUT2D eigenvalue weighted by atomic mass is 79.9. The van der Waals surface area contributed by atoms with Gasteiger partial charge in [0.05, 0.1) is 5.69 Å². The van der Waals surface area contributed by atoms with E-state index in [1.54, 1.807) is 6.20 Å². The first-order valence-corrected chi connectivity index (χ1v) is 6.40. The highest BCUT2D eigenvalue weighted by Gasteiger charge is 2.22. The summed E-state index contributed by atoms with van der Waals surface area (Å²) in [6, 6.07) is 5.92. The van der Waals surface area contributed by atoms with Crippen LogP contribution in [0.4, 0.5) is 0 Å². The van der Waals surface area contributed by atoms with Crippen LogP contribution in [0, 0.1) is 0 Å². The van der Waals surface area contributed by atoms with Gasteiger partial charge in [-0.2, -0.15) is 0 Å². The lowest BCUT2D eigenvalue weighted by molar-refractivity contribution is 0.270. The first-order chi connectivity index (χ1) is 8.25. The Labute approximate surface area is 108 Å². The highest BCUT2D eigenvalue weighted by molar-refractivity contribution is 9.10. The third-order valence-corrected chi connectivity index (χ3v) is 3.68. The van der Waals surface area contributed by atoms with Crippen molar-refractivity contribution in [1.29, 1.82) is 0 Å². The van der Waals surface area contributed by atoms with E-state index >= 15 is 0 Å². The molecule has 3 rings (SSSR count). The number of halogens is 1. The average Bonchev–Trinajstić information content (AvgIpc) is 2.68. The molecule has 88 valence electrons. The summed E-state index contributed by atoms with van der Waals surface area (Å²) >= 11 is 3.54. The molecule has 0 spiro atoms. The Balaban J connectivity index is 2.11. The largest absolute Gasteiger partial charge is 0.323 e. The molecule has 17 heavy (non-hydrogen) atoms. The van der Waals surface area contributed by atoms with E-state index in [-0.39, 0.29) is 0 Å². The molecular formula is C12H13BrN4. The number of nitrogens with zero attached hydrogens (tertiary/aromatic N) is 4. The van der Waals surface area contributed by atoms with Crippen LogP contribution in [0.15, 0.2) is 29.0 Å². The molecule has 1 aliphatic heterocycles. The molecule has 0 amide bonds. The maximum Gasteiger partial charge on any atom is 0.160 e. The first-order valence-electron chi connectivity index (χ1n) is 5.60. The van der Waals surface area contributed by atoms with E-state index in [1.165, 1.54) is 5.69 Å². The predicted molar refractivity (Wildman–Crippen MR) is 69.5 cm³/mol. The zero-order valence-electron chi connectivity index (χ0n) is 9.60. The van der Waals surface area contributed by atoms with E-state index in [0.717, 1.165) is 35.8 Å². The third kappa shape index (κ3) is 1.89. The topological polar surface area (TPSA) is 34.0 Å². The predicted octanol–water partition coefficient (Wildman–Crippen LogP) is 2.15. The smallest absolute Gasteiger partial charge is 0.160 e. The molecule has 0 bridgehead atoms. The first kappa shape index (κ1) is 10.9. The number of likely N-dealkylation sites (N-methyl/N-ethyl adjacent to an activating group) is 1. The number of hydrogen-bond acceptors (Lipinski definition) is 3. The zero-order chi connectivity index (χ0) is 11.8. The second-order valence-electron chi connectivity index (χ2n) is 4.28. The lowest BCUT2D eigenvalue weighted by Crippen LogP contribution is -2.30. The molecule has 0 unspecified atom stereocenters. The molecule has 0 N–H and O–H groups in total. The van der Waals surface area contributed by atoms with Gasteiger partial charge in [-0.1, -0.05) is 6.07 Å². The Morgan fingerprint density at radius 2 is 2.18 bits per heavy atom. The van der Waals surface area contributed by atoms with Gasteiger partial charge in [-0.15, -0.1) is 0 Å². The summed E-state index contributed by atoms with van der Waals surface area (Å²) in [5, 5.41) is 0. The summed E-state index contributed by atoms with van der Waals surface area (Å²) in [5.74, 6) is 0.959. The van der Waals surface area contributed by atoms with Gasteiger partial charge in [-0.25, -0.2) is 4.98 Å². The molecule has 0 aromatic carbocycles. The summed E-state index contributed by atoms with van der Waals surface area (Å²) in [6.07, 6.45) is 1.81. The van der Waals surface area contributed by atoms with Crippen molar-refractivity contribution in [2.45, 2.75) is 13.1 Å². The number of hydrogen-bond donors (Lipinski definition) is 0. The van der Waals surface area contributed by atoms with Gasteiger partial charge in [0.1, 0.15) is 10.3 Å². The summed E-state index contributed by atoms with van der Waals surface area (Å²) in [6.45, 7) is 2.95. The standard InChI is InChI=1S/C12H13BrN4/c1-16-6-7-17-10(8-16)11(13)15-12(17)9-4-2-3-5-14-9/h2-5H,6-8H2,1H3. The Bertz CT molecular complexity index is 535. The second-order valence-corrected chi connectivity index (χ2v) is 5.03. The van der Waals surface area contributed by atoms with Gasteiger partial charge in [0.2, 0.25) is 0 Å². The molecule has 0 saturated carbocycles. The maximum atomic E-state index is 4.59. The van der Waals surface area contributed by atoms with Gasteiger partial charge < -0.3 is 4.57 Å². The van der Waals surface area contributed by atoms with Crippen LogP contribution in [0.5, 0.6) is 0 Å². The number of aromatic nitrogens is 3. The Morgan fingerprint density at radius 3 is 2.94 bits per heavy atom. The number of rotatable bonds is 1. The molecule has 2 aromatic rings. The molecule has 0 saturated heterocycles. The van der Waals surface area contributed by atoms with Crippen LogP contribution in [0.25, 0.3) is 11.5 Å². The van der Waals surface area contributed by atoms with Gasteiger partial charge in [0.25, 0.3) is 0 Å². The third-order valence-electron chi connectivity index (χ3n) is 3.04. The summed E-state index contributed by atoms with van der Waals surface area (Å²) < 4.78 is 3.19. The fourth-order valence-electron chi connectivity index (χ4n) is 2.14. The molecule has 4 nitrogen and oxygen atoms in total. The van der Waals surface area contributed by atoms with Crippen LogP contribution in [0.1, 0.15) is 5.69 Å². The minimum absolute atomic E-state index is 0.931. The molecule has 0 fully saturated rings. The van der Waals surface area contributed by atoms with Gasteiger partial charge in [-0.3, -0.25) is 9.88 Å². The lowest BCUT2D eigenvalue weighted by atomic mass is 10.3. The van der Waals surface area contributed by atoms with Crippen molar-refractivity contribution < 1.29 is 0 Å². The van der Waals surface area contributed by atoms with Crippen LogP contribution in [-0.2, 0) is 13.1 Å². The SMILES string of the molecule is CN1CCn2c(-c3ccccn3)nc(Br)c2C1. The molecule has 5 heteroatoms. The molecule has 2 aromatic heterocycles. The van der Waals surface area contributed by atoms with Gasteiger partial charge in [0, 0.05) is 25.8 Å². The minimum Gasteiger partial charge on any atom is -0.323 e. The zero-order valence-corrected chi connectivity index (χ0v) is 11.2. The average molecular weight is 293 g/mol. The van der Waals surface area contributed by atoms with Crippen LogP contribution in [0.3, 0.4) is 0 Å². The second kappa shape index (κ2) is 4.23. The Morgan fingerprint density at radius 1 is 1.29 bits per heavy atom. The monoisotopic (exact) mass is 292 g/mol. The van der Waals surface area contributed by atoms with Crippen molar-refractivity contribution in [2.24, 2.45) is 0 Å². The van der Waals surface area contributed by atoms with E-state index in [0.29, 0.717) is 0 Å². The van der Waals surface area contributed by atoms with Crippen molar-refractivity contribution in [3.8, 4) is 11.5 Å². The van der Waals surface area contributed by atoms with Gasteiger partial charge in [-0.05, 0) is 35.1 Å². The Kier molecular flexibility index (Phi) is 2.72. The lowest BCUT2D eigenvalue weighted by Gasteiger charge is -2.25. The summed E-state index contributed by atoms with van der Waals surface area (Å²) in [4.78, 5) is 11.3. The normalized spacial score (nSPS) is 15.9. The van der Waals surface area contributed by atoms with Crippen LogP contribution in [-0.4, -0.2) is 33.0 Å². The molecule has 1 aliphatic rings. The molecular weight excluding hydrogens is 280 g/mol. The highest BCUT2D eigenvalue weighted by Crippen LogP contribution is 2.27. The van der Waals surface area contributed by atoms with Gasteiger partial charge >= 0.3 is 0 Å². The van der Waals surface area contributed by atoms with Gasteiger partial charge in [0.15, 0.2) is 5.82 Å². The van der Waals surface area contributed by atoms with Crippen molar-refractivity contribution in [2.75, 3.05) is 13.6 Å². The van der Waals surface area contributed by atoms with Crippen molar-refractivity contribution in [3.05, 3.63) is 34.7 Å². The van der Waals surface area contributed by atoms with E-state index in [9.17, 15) is 0 Å². The molecule has 0 radical (unpaired) electrons. The van der Waals surface area contributed by atoms with E-state index in [1.807, 2.05) is 18.2 Å². The summed E-state index contributed by atoms with van der Waals surface area (Å²) in [7, 11) is 2.13. The Hall–Kier alpha value is -1.20. The maximum absolute atomic E-state index is 4.59. The van der Waals surface area contributed by atoms with Crippen molar-refractivity contribution in [3.63, 3.8) is 0 Å². The van der Waals surface area contributed by atoms with Crippen molar-refractivity contribution >= 4 is 15.9 Å². The number of fused-ring (bicyclic) bond motifs is 1. The molecule has 0 aliphatic carbocycles.